The number of amides is 1. The van der Waals surface area contributed by atoms with Crippen LogP contribution in [-0.2, 0) is 21.5 Å². The fraction of sp³-hybridized carbons (Fsp3) is 0.286. The Balaban J connectivity index is 1.76. The molecule has 0 aliphatic carbocycles. The highest BCUT2D eigenvalue weighted by molar-refractivity contribution is 7.87. The van der Waals surface area contributed by atoms with Crippen molar-refractivity contribution in [1.29, 1.82) is 0 Å². The van der Waals surface area contributed by atoms with E-state index in [1.54, 1.807) is 57.2 Å². The maximum Gasteiger partial charge on any atom is 0.422 e. The topological polar surface area (TPSA) is 121 Å². The van der Waals surface area contributed by atoms with E-state index in [1.807, 2.05) is 16.9 Å². The molecule has 0 fully saturated rings. The SMILES string of the molecule is CN(Cc1ccc(-c2n[nH]c(=O)c3ccccc23)cc1)S(=O)(=O)NC(=O)OC(C)(C)C. The molecular weight excluding hydrogens is 420 g/mol. The average Bonchev–Trinajstić information content (AvgIpc) is 2.67. The molecule has 2 aromatic carbocycles. The van der Waals surface area contributed by atoms with Gasteiger partial charge in [0.05, 0.1) is 11.1 Å². The van der Waals surface area contributed by atoms with Gasteiger partial charge in [0.1, 0.15) is 5.60 Å². The highest BCUT2D eigenvalue weighted by atomic mass is 32.2. The van der Waals surface area contributed by atoms with Gasteiger partial charge in [-0.05, 0) is 32.4 Å². The van der Waals surface area contributed by atoms with Gasteiger partial charge in [-0.2, -0.15) is 17.8 Å². The number of carbonyl (C=O) groups is 1. The average molecular weight is 445 g/mol. The molecule has 9 nitrogen and oxygen atoms in total. The summed E-state index contributed by atoms with van der Waals surface area (Å²) in [5.41, 5.74) is 1.02. The van der Waals surface area contributed by atoms with E-state index >= 15 is 0 Å². The van der Waals surface area contributed by atoms with Gasteiger partial charge in [0.25, 0.3) is 5.56 Å². The first-order valence-electron chi connectivity index (χ1n) is 9.50. The summed E-state index contributed by atoms with van der Waals surface area (Å²) in [6, 6.07) is 14.3. The fourth-order valence-electron chi connectivity index (χ4n) is 2.93. The minimum absolute atomic E-state index is 0.0399. The summed E-state index contributed by atoms with van der Waals surface area (Å²) in [5.74, 6) is 0. The maximum absolute atomic E-state index is 12.4. The van der Waals surface area contributed by atoms with Crippen LogP contribution in [0.3, 0.4) is 0 Å². The van der Waals surface area contributed by atoms with Crippen molar-refractivity contribution in [3.8, 4) is 11.3 Å². The van der Waals surface area contributed by atoms with Crippen LogP contribution in [0.25, 0.3) is 22.0 Å². The molecule has 0 saturated carbocycles. The first-order valence-corrected chi connectivity index (χ1v) is 10.9. The third-order valence-electron chi connectivity index (χ3n) is 4.35. The Kier molecular flexibility index (Phi) is 6.14. The van der Waals surface area contributed by atoms with E-state index in [9.17, 15) is 18.0 Å². The Hall–Kier alpha value is -3.24. The van der Waals surface area contributed by atoms with E-state index in [4.69, 9.17) is 4.74 Å². The highest BCUT2D eigenvalue weighted by Gasteiger charge is 2.24. The van der Waals surface area contributed by atoms with Gasteiger partial charge in [0, 0.05) is 24.5 Å². The van der Waals surface area contributed by atoms with Crippen LogP contribution in [0.1, 0.15) is 26.3 Å². The number of carbonyl (C=O) groups excluding carboxylic acids is 1. The molecule has 3 aromatic rings. The van der Waals surface area contributed by atoms with Gasteiger partial charge in [-0.3, -0.25) is 4.79 Å². The van der Waals surface area contributed by atoms with Gasteiger partial charge in [-0.25, -0.2) is 14.6 Å². The monoisotopic (exact) mass is 444 g/mol. The largest absolute Gasteiger partial charge is 0.443 e. The summed E-state index contributed by atoms with van der Waals surface area (Å²) in [6.45, 7) is 4.97. The van der Waals surface area contributed by atoms with E-state index in [2.05, 4.69) is 10.2 Å². The third-order valence-corrected chi connectivity index (χ3v) is 5.72. The predicted molar refractivity (Wildman–Crippen MR) is 118 cm³/mol. The second kappa shape index (κ2) is 8.48. The number of H-pyrrole nitrogens is 1. The molecule has 0 atom stereocenters. The van der Waals surface area contributed by atoms with Crippen LogP contribution in [0.15, 0.2) is 53.3 Å². The lowest BCUT2D eigenvalue weighted by Crippen LogP contribution is -2.43. The van der Waals surface area contributed by atoms with E-state index < -0.39 is 21.9 Å². The van der Waals surface area contributed by atoms with E-state index in [-0.39, 0.29) is 12.1 Å². The lowest BCUT2D eigenvalue weighted by Gasteiger charge is -2.22. The van der Waals surface area contributed by atoms with Crippen LogP contribution in [-0.4, -0.2) is 41.7 Å². The van der Waals surface area contributed by atoms with Gasteiger partial charge in [-0.1, -0.05) is 42.5 Å². The van der Waals surface area contributed by atoms with Crippen molar-refractivity contribution in [2.45, 2.75) is 32.9 Å². The van der Waals surface area contributed by atoms with Gasteiger partial charge in [-0.15, -0.1) is 0 Å². The molecule has 1 heterocycles. The molecular formula is C21H24N4O5S. The van der Waals surface area contributed by atoms with Crippen molar-refractivity contribution in [3.63, 3.8) is 0 Å². The summed E-state index contributed by atoms with van der Waals surface area (Å²) >= 11 is 0. The van der Waals surface area contributed by atoms with Crippen molar-refractivity contribution < 1.29 is 17.9 Å². The standard InChI is InChI=1S/C21H24N4O5S/c1-21(2,3)30-20(27)24-31(28,29)25(4)13-14-9-11-15(12-10-14)18-16-7-5-6-8-17(16)19(26)23-22-18/h5-12H,13H2,1-4H3,(H,23,26)(H,24,27). The number of hydrogen-bond acceptors (Lipinski definition) is 6. The van der Waals surface area contributed by atoms with Crippen LogP contribution in [0.5, 0.6) is 0 Å². The maximum atomic E-state index is 12.4. The molecule has 2 N–H and O–H groups in total. The normalized spacial score (nSPS) is 12.2. The number of fused-ring (bicyclic) bond motifs is 1. The predicted octanol–water partition coefficient (Wildman–Crippen LogP) is 2.79. The fourth-order valence-corrected chi connectivity index (χ4v) is 3.65. The molecule has 0 radical (unpaired) electrons. The number of rotatable bonds is 5. The second-order valence-corrected chi connectivity index (χ2v) is 9.79. The number of ether oxygens (including phenoxy) is 1. The Bertz CT molecular complexity index is 1260. The van der Waals surface area contributed by atoms with Gasteiger partial charge < -0.3 is 4.74 Å². The van der Waals surface area contributed by atoms with Crippen molar-refractivity contribution in [2.75, 3.05) is 7.05 Å². The van der Waals surface area contributed by atoms with Gasteiger partial charge in [0.15, 0.2) is 0 Å². The zero-order chi connectivity index (χ0) is 22.8. The smallest absolute Gasteiger partial charge is 0.422 e. The summed E-state index contributed by atoms with van der Waals surface area (Å²) < 4.78 is 32.6. The zero-order valence-corrected chi connectivity index (χ0v) is 18.5. The summed E-state index contributed by atoms with van der Waals surface area (Å²) in [7, 11) is -2.71. The first kappa shape index (κ1) is 22.4. The van der Waals surface area contributed by atoms with Crippen molar-refractivity contribution in [1.82, 2.24) is 19.2 Å². The molecule has 0 unspecified atom stereocenters. The molecule has 31 heavy (non-hydrogen) atoms. The molecule has 3 rings (SSSR count). The lowest BCUT2D eigenvalue weighted by molar-refractivity contribution is 0.0567. The van der Waals surface area contributed by atoms with Crippen LogP contribution in [0, 0.1) is 0 Å². The Morgan fingerprint density at radius 2 is 1.71 bits per heavy atom. The minimum atomic E-state index is -4.07. The molecule has 10 heteroatoms. The van der Waals surface area contributed by atoms with Crippen molar-refractivity contribution in [2.24, 2.45) is 0 Å². The number of aromatic nitrogens is 2. The van der Waals surface area contributed by atoms with E-state index in [0.29, 0.717) is 16.6 Å². The third kappa shape index (κ3) is 5.47. The number of nitrogens with zero attached hydrogens (tertiary/aromatic N) is 2. The molecule has 0 spiro atoms. The molecule has 1 aromatic heterocycles. The summed E-state index contributed by atoms with van der Waals surface area (Å²) in [5, 5.41) is 7.92. The quantitative estimate of drug-likeness (QED) is 0.624. The van der Waals surface area contributed by atoms with Crippen molar-refractivity contribution in [3.05, 3.63) is 64.4 Å². The van der Waals surface area contributed by atoms with E-state index in [1.165, 1.54) is 7.05 Å². The Morgan fingerprint density at radius 3 is 2.32 bits per heavy atom. The first-order chi connectivity index (χ1) is 14.5. The van der Waals surface area contributed by atoms with Crippen LogP contribution in [0.4, 0.5) is 4.79 Å². The Morgan fingerprint density at radius 1 is 1.10 bits per heavy atom. The zero-order valence-electron chi connectivity index (χ0n) is 17.7. The summed E-state index contributed by atoms with van der Waals surface area (Å²) in [6.07, 6.45) is -1.04. The Labute approximate surface area is 180 Å². The van der Waals surface area contributed by atoms with Crippen LogP contribution >= 0.6 is 0 Å². The second-order valence-electron chi connectivity index (χ2n) is 8.01. The number of nitrogens with one attached hydrogen (secondary N) is 2. The molecule has 0 saturated heterocycles. The van der Waals surface area contributed by atoms with Gasteiger partial charge in [0.2, 0.25) is 0 Å². The van der Waals surface area contributed by atoms with Crippen LogP contribution in [0.2, 0.25) is 0 Å². The van der Waals surface area contributed by atoms with Crippen LogP contribution < -0.4 is 10.3 Å². The number of hydrogen-bond donors (Lipinski definition) is 2. The number of aromatic amines is 1. The van der Waals surface area contributed by atoms with E-state index in [0.717, 1.165) is 15.3 Å². The lowest BCUT2D eigenvalue weighted by atomic mass is 10.0. The molecule has 0 aliphatic heterocycles. The van der Waals surface area contributed by atoms with Gasteiger partial charge >= 0.3 is 16.3 Å². The molecule has 0 aliphatic rings. The molecule has 0 bridgehead atoms. The molecule has 1 amide bonds. The molecule has 164 valence electrons. The number of benzene rings is 2. The van der Waals surface area contributed by atoms with Crippen molar-refractivity contribution >= 4 is 27.1 Å². The highest BCUT2D eigenvalue weighted by Crippen LogP contribution is 2.24. The minimum Gasteiger partial charge on any atom is -0.443 e. The summed E-state index contributed by atoms with van der Waals surface area (Å²) in [4.78, 5) is 23.8.